The van der Waals surface area contributed by atoms with E-state index in [1.807, 2.05) is 0 Å². The normalized spacial score (nSPS) is 14.2. The van der Waals surface area contributed by atoms with Gasteiger partial charge in [0.15, 0.2) is 0 Å². The second-order valence-corrected chi connectivity index (χ2v) is 4.55. The van der Waals surface area contributed by atoms with Crippen LogP contribution >= 0.6 is 0 Å². The van der Waals surface area contributed by atoms with Gasteiger partial charge in [0.1, 0.15) is 5.03 Å². The molecule has 7 heteroatoms. The van der Waals surface area contributed by atoms with E-state index in [0.29, 0.717) is 10.4 Å². The molecule has 0 saturated heterocycles. The average molecular weight is 248 g/mol. The molecule has 0 radical (unpaired) electrons. The Morgan fingerprint density at radius 2 is 2.06 bits per heavy atom. The molecule has 0 spiro atoms. The first-order valence-electron chi connectivity index (χ1n) is 4.28. The first kappa shape index (κ1) is 11.1. The lowest BCUT2D eigenvalue weighted by Crippen LogP contribution is -2.04. The fourth-order valence-corrected chi connectivity index (χ4v) is 2.04. The van der Waals surface area contributed by atoms with Crippen molar-refractivity contribution in [3.63, 3.8) is 0 Å². The zero-order chi connectivity index (χ0) is 11.9. The van der Waals surface area contributed by atoms with Crippen molar-refractivity contribution in [2.45, 2.75) is 11.2 Å². The van der Waals surface area contributed by atoms with E-state index >= 15 is 0 Å². The molecule has 0 saturated carbocycles. The van der Waals surface area contributed by atoms with Crippen LogP contribution in [0.1, 0.15) is 5.56 Å². The molecule has 16 heavy (non-hydrogen) atoms. The number of nitrogens with one attached hydrogen (secondary N) is 1. The van der Waals surface area contributed by atoms with Crippen LogP contribution in [0, 0.1) is 0 Å². The second kappa shape index (κ2) is 3.58. The number of fused-ring (bicyclic) bond motifs is 1. The standard InChI is InChI=1S/C9H7F3N2OS/c1-16(15)8-6-3-2-5(9(10,11)12)4-7(6)13-14-8/h2-4H,1H3,(H,13,14). The third kappa shape index (κ3) is 1.82. The largest absolute Gasteiger partial charge is 0.416 e. The van der Waals surface area contributed by atoms with Crippen LogP contribution in [0.5, 0.6) is 0 Å². The molecule has 1 heterocycles. The van der Waals surface area contributed by atoms with Crippen molar-refractivity contribution in [1.82, 2.24) is 10.2 Å². The van der Waals surface area contributed by atoms with Gasteiger partial charge in [0.25, 0.3) is 0 Å². The van der Waals surface area contributed by atoms with Crippen molar-refractivity contribution < 1.29 is 17.4 Å². The maximum atomic E-state index is 12.4. The summed E-state index contributed by atoms with van der Waals surface area (Å²) in [5, 5.41) is 6.96. The van der Waals surface area contributed by atoms with E-state index in [2.05, 4.69) is 10.2 Å². The summed E-state index contributed by atoms with van der Waals surface area (Å²) in [4.78, 5) is 0. The van der Waals surface area contributed by atoms with Gasteiger partial charge in [-0.1, -0.05) is 0 Å². The summed E-state index contributed by atoms with van der Waals surface area (Å²) in [7, 11) is -1.30. The molecule has 1 aromatic carbocycles. The van der Waals surface area contributed by atoms with Crippen LogP contribution in [0.25, 0.3) is 10.9 Å². The predicted molar refractivity (Wildman–Crippen MR) is 53.4 cm³/mol. The van der Waals surface area contributed by atoms with Gasteiger partial charge in [0.2, 0.25) is 0 Å². The molecular formula is C9H7F3N2OS. The number of H-pyrrole nitrogens is 1. The van der Waals surface area contributed by atoms with Gasteiger partial charge in [0, 0.05) is 11.6 Å². The molecule has 86 valence electrons. The molecule has 3 nitrogen and oxygen atoms in total. The lowest BCUT2D eigenvalue weighted by molar-refractivity contribution is -0.137. The lowest BCUT2D eigenvalue weighted by Gasteiger charge is -2.05. The van der Waals surface area contributed by atoms with Crippen LogP contribution in [0.2, 0.25) is 0 Å². The third-order valence-electron chi connectivity index (χ3n) is 2.14. The number of rotatable bonds is 1. The van der Waals surface area contributed by atoms with Crippen LogP contribution in [0.15, 0.2) is 23.2 Å². The van der Waals surface area contributed by atoms with Crippen LogP contribution in [0.4, 0.5) is 13.2 Å². The molecule has 0 aliphatic rings. The van der Waals surface area contributed by atoms with Crippen molar-refractivity contribution in [3.05, 3.63) is 23.8 Å². The first-order valence-corrected chi connectivity index (χ1v) is 5.84. The van der Waals surface area contributed by atoms with E-state index in [0.717, 1.165) is 12.1 Å². The fourth-order valence-electron chi connectivity index (χ4n) is 1.38. The number of halogens is 3. The molecule has 1 atom stereocenters. The first-order chi connectivity index (χ1) is 7.39. The Labute approximate surface area is 91.1 Å². The van der Waals surface area contributed by atoms with Crippen molar-refractivity contribution in [2.24, 2.45) is 0 Å². The van der Waals surface area contributed by atoms with Crippen molar-refractivity contribution in [3.8, 4) is 0 Å². The van der Waals surface area contributed by atoms with E-state index in [4.69, 9.17) is 0 Å². The third-order valence-corrected chi connectivity index (χ3v) is 3.02. The minimum absolute atomic E-state index is 0.167. The van der Waals surface area contributed by atoms with Crippen LogP contribution in [-0.4, -0.2) is 20.7 Å². The van der Waals surface area contributed by atoms with Crippen LogP contribution in [-0.2, 0) is 17.0 Å². The zero-order valence-corrected chi connectivity index (χ0v) is 8.95. The summed E-state index contributed by atoms with van der Waals surface area (Å²) in [6.45, 7) is 0. The molecule has 1 N–H and O–H groups in total. The van der Waals surface area contributed by atoms with Crippen LogP contribution < -0.4 is 0 Å². The van der Waals surface area contributed by atoms with E-state index in [9.17, 15) is 17.4 Å². The molecule has 0 aliphatic heterocycles. The Balaban J connectivity index is 2.62. The topological polar surface area (TPSA) is 45.8 Å². The quantitative estimate of drug-likeness (QED) is 0.841. The number of hydrogen-bond acceptors (Lipinski definition) is 2. The van der Waals surface area contributed by atoms with Gasteiger partial charge in [-0.2, -0.15) is 18.3 Å². The number of aromatic nitrogens is 2. The smallest absolute Gasteiger partial charge is 0.268 e. The molecule has 1 unspecified atom stereocenters. The van der Waals surface area contributed by atoms with Gasteiger partial charge in [-0.3, -0.25) is 9.31 Å². The number of aromatic amines is 1. The lowest BCUT2D eigenvalue weighted by atomic mass is 10.1. The van der Waals surface area contributed by atoms with Crippen LogP contribution in [0.3, 0.4) is 0 Å². The Kier molecular flexibility index (Phi) is 2.49. The SMILES string of the molecule is CS(=O)c1[nH]nc2cc(C(F)(F)F)ccc12. The summed E-state index contributed by atoms with van der Waals surface area (Å²) in [5.41, 5.74) is -0.597. The summed E-state index contributed by atoms with van der Waals surface area (Å²) in [6, 6.07) is 3.16. The van der Waals surface area contributed by atoms with Gasteiger partial charge in [0.05, 0.1) is 21.9 Å². The monoisotopic (exact) mass is 248 g/mol. The second-order valence-electron chi connectivity index (χ2n) is 3.24. The van der Waals surface area contributed by atoms with E-state index in [1.54, 1.807) is 0 Å². The number of hydrogen-bond donors (Lipinski definition) is 1. The minimum Gasteiger partial charge on any atom is -0.268 e. The zero-order valence-electron chi connectivity index (χ0n) is 8.13. The highest BCUT2D eigenvalue weighted by atomic mass is 32.2. The molecule has 1 aromatic heterocycles. The highest BCUT2D eigenvalue weighted by Crippen LogP contribution is 2.31. The summed E-state index contributed by atoms with van der Waals surface area (Å²) in [5.74, 6) is 0. The van der Waals surface area contributed by atoms with Gasteiger partial charge >= 0.3 is 6.18 Å². The molecule has 0 fully saturated rings. The highest BCUT2D eigenvalue weighted by Gasteiger charge is 2.30. The minimum atomic E-state index is -4.39. The number of alkyl halides is 3. The van der Waals surface area contributed by atoms with Gasteiger partial charge in [-0.05, 0) is 18.2 Å². The van der Waals surface area contributed by atoms with Gasteiger partial charge < -0.3 is 0 Å². The average Bonchev–Trinajstić information content (AvgIpc) is 2.58. The Hall–Kier alpha value is -1.37. The highest BCUT2D eigenvalue weighted by molar-refractivity contribution is 7.84. The Bertz CT molecular complexity index is 561. The van der Waals surface area contributed by atoms with Gasteiger partial charge in [-0.25, -0.2) is 0 Å². The van der Waals surface area contributed by atoms with Crippen molar-refractivity contribution in [1.29, 1.82) is 0 Å². The van der Waals surface area contributed by atoms with E-state index in [-0.39, 0.29) is 5.52 Å². The fraction of sp³-hybridized carbons (Fsp3) is 0.222. The predicted octanol–water partition coefficient (Wildman–Crippen LogP) is 2.32. The van der Waals surface area contributed by atoms with Crippen molar-refractivity contribution >= 4 is 21.7 Å². The number of benzene rings is 1. The molecule has 0 aliphatic carbocycles. The molecule has 0 bridgehead atoms. The maximum Gasteiger partial charge on any atom is 0.416 e. The molecular weight excluding hydrogens is 241 g/mol. The van der Waals surface area contributed by atoms with Gasteiger partial charge in [-0.15, -0.1) is 0 Å². The summed E-state index contributed by atoms with van der Waals surface area (Å²) < 4.78 is 48.4. The number of nitrogens with zero attached hydrogens (tertiary/aromatic N) is 1. The maximum absolute atomic E-state index is 12.4. The molecule has 0 amide bonds. The molecule has 2 rings (SSSR count). The molecule has 2 aromatic rings. The van der Waals surface area contributed by atoms with Crippen molar-refractivity contribution in [2.75, 3.05) is 6.26 Å². The van der Waals surface area contributed by atoms with E-state index in [1.165, 1.54) is 12.3 Å². The Morgan fingerprint density at radius 1 is 1.38 bits per heavy atom. The Morgan fingerprint density at radius 3 is 2.62 bits per heavy atom. The summed E-state index contributed by atoms with van der Waals surface area (Å²) in [6.07, 6.45) is -2.96. The summed E-state index contributed by atoms with van der Waals surface area (Å²) >= 11 is 0. The van der Waals surface area contributed by atoms with E-state index < -0.39 is 22.5 Å².